The zero-order valence-electron chi connectivity index (χ0n) is 13.2. The third-order valence-corrected chi connectivity index (χ3v) is 3.94. The SMILES string of the molecule is O=C(CCc1ccc(OC(F)F)cc1)NCCC1=CCCCC1. The molecule has 0 bridgehead atoms. The van der Waals surface area contributed by atoms with E-state index in [9.17, 15) is 13.6 Å². The van der Waals surface area contributed by atoms with Gasteiger partial charge in [-0.2, -0.15) is 8.78 Å². The van der Waals surface area contributed by atoms with Gasteiger partial charge in [0.1, 0.15) is 5.75 Å². The summed E-state index contributed by atoms with van der Waals surface area (Å²) in [6.07, 6.45) is 9.06. The number of carbonyl (C=O) groups is 1. The lowest BCUT2D eigenvalue weighted by Gasteiger charge is -2.13. The summed E-state index contributed by atoms with van der Waals surface area (Å²) in [5.74, 6) is 0.156. The molecule has 5 heteroatoms. The number of allylic oxidation sites excluding steroid dienone is 1. The molecule has 126 valence electrons. The number of alkyl halides is 2. The molecule has 0 unspecified atom stereocenters. The van der Waals surface area contributed by atoms with Gasteiger partial charge in [-0.1, -0.05) is 23.8 Å². The van der Waals surface area contributed by atoms with Gasteiger partial charge in [0.15, 0.2) is 0 Å². The number of ether oxygens (including phenoxy) is 1. The number of aryl methyl sites for hydroxylation is 1. The topological polar surface area (TPSA) is 38.3 Å². The fourth-order valence-corrected chi connectivity index (χ4v) is 2.68. The summed E-state index contributed by atoms with van der Waals surface area (Å²) < 4.78 is 28.4. The second kappa shape index (κ2) is 9.28. The van der Waals surface area contributed by atoms with Crippen molar-refractivity contribution in [3.05, 3.63) is 41.5 Å². The van der Waals surface area contributed by atoms with Crippen LogP contribution in [-0.2, 0) is 11.2 Å². The fourth-order valence-electron chi connectivity index (χ4n) is 2.68. The van der Waals surface area contributed by atoms with Crippen molar-refractivity contribution in [3.8, 4) is 5.75 Å². The molecule has 1 aliphatic rings. The highest BCUT2D eigenvalue weighted by molar-refractivity contribution is 5.76. The first kappa shape index (κ1) is 17.4. The summed E-state index contributed by atoms with van der Waals surface area (Å²) in [6.45, 7) is -2.13. The Morgan fingerprint density at radius 1 is 1.17 bits per heavy atom. The normalized spacial score (nSPS) is 14.5. The molecule has 0 saturated heterocycles. The van der Waals surface area contributed by atoms with Gasteiger partial charge in [0.2, 0.25) is 5.91 Å². The average molecular weight is 323 g/mol. The number of hydrogen-bond donors (Lipinski definition) is 1. The molecule has 1 aliphatic carbocycles. The molecule has 1 aromatic rings. The number of amides is 1. The molecule has 23 heavy (non-hydrogen) atoms. The van der Waals surface area contributed by atoms with E-state index < -0.39 is 6.61 Å². The molecule has 0 radical (unpaired) electrons. The van der Waals surface area contributed by atoms with Crippen molar-refractivity contribution >= 4 is 5.91 Å². The predicted octanol–water partition coefficient (Wildman–Crippen LogP) is 4.23. The van der Waals surface area contributed by atoms with Gasteiger partial charge in [0.25, 0.3) is 0 Å². The highest BCUT2D eigenvalue weighted by atomic mass is 19.3. The van der Waals surface area contributed by atoms with Crippen LogP contribution in [-0.4, -0.2) is 19.1 Å². The van der Waals surface area contributed by atoms with E-state index in [1.807, 2.05) is 0 Å². The fraction of sp³-hybridized carbons (Fsp3) is 0.500. The Morgan fingerprint density at radius 3 is 2.61 bits per heavy atom. The van der Waals surface area contributed by atoms with Crippen LogP contribution in [0.25, 0.3) is 0 Å². The lowest BCUT2D eigenvalue weighted by atomic mass is 9.97. The largest absolute Gasteiger partial charge is 0.435 e. The molecule has 0 fully saturated rings. The molecular formula is C18H23F2NO2. The van der Waals surface area contributed by atoms with Crippen LogP contribution in [0.2, 0.25) is 0 Å². The van der Waals surface area contributed by atoms with Crippen molar-refractivity contribution in [2.45, 2.75) is 51.6 Å². The molecular weight excluding hydrogens is 300 g/mol. The Morgan fingerprint density at radius 2 is 1.96 bits per heavy atom. The molecule has 0 aromatic heterocycles. The first-order valence-electron chi connectivity index (χ1n) is 8.12. The summed E-state index contributed by atoms with van der Waals surface area (Å²) in [4.78, 5) is 11.8. The first-order valence-corrected chi connectivity index (χ1v) is 8.12. The molecule has 0 heterocycles. The maximum absolute atomic E-state index is 12.0. The first-order chi connectivity index (χ1) is 11.1. The van der Waals surface area contributed by atoms with Gasteiger partial charge in [0, 0.05) is 13.0 Å². The van der Waals surface area contributed by atoms with Crippen molar-refractivity contribution in [1.82, 2.24) is 5.32 Å². The number of benzene rings is 1. The molecule has 1 N–H and O–H groups in total. The molecule has 1 amide bonds. The van der Waals surface area contributed by atoms with Gasteiger partial charge in [-0.25, -0.2) is 0 Å². The summed E-state index contributed by atoms with van der Waals surface area (Å²) in [6, 6.07) is 6.40. The molecule has 0 atom stereocenters. The van der Waals surface area contributed by atoms with Crippen LogP contribution in [0.1, 0.15) is 44.1 Å². The Hall–Kier alpha value is -1.91. The van der Waals surface area contributed by atoms with Gasteiger partial charge < -0.3 is 10.1 Å². The van der Waals surface area contributed by atoms with Crippen molar-refractivity contribution in [2.75, 3.05) is 6.54 Å². The summed E-state index contributed by atoms with van der Waals surface area (Å²) in [7, 11) is 0. The van der Waals surface area contributed by atoms with Crippen LogP contribution in [0.3, 0.4) is 0 Å². The van der Waals surface area contributed by atoms with Crippen molar-refractivity contribution < 1.29 is 18.3 Å². The summed E-state index contributed by atoms with van der Waals surface area (Å²) in [5.41, 5.74) is 2.38. The van der Waals surface area contributed by atoms with Crippen LogP contribution < -0.4 is 10.1 Å². The third-order valence-electron chi connectivity index (χ3n) is 3.94. The molecule has 2 rings (SSSR count). The summed E-state index contributed by atoms with van der Waals surface area (Å²) in [5, 5.41) is 2.93. The van der Waals surface area contributed by atoms with E-state index in [1.54, 1.807) is 12.1 Å². The van der Waals surface area contributed by atoms with Gasteiger partial charge in [-0.05, 0) is 56.2 Å². The molecule has 0 saturated carbocycles. The maximum atomic E-state index is 12.0. The van der Waals surface area contributed by atoms with E-state index in [-0.39, 0.29) is 11.7 Å². The van der Waals surface area contributed by atoms with E-state index in [0.717, 1.165) is 24.8 Å². The zero-order chi connectivity index (χ0) is 16.5. The van der Waals surface area contributed by atoms with E-state index in [0.29, 0.717) is 19.4 Å². The zero-order valence-corrected chi connectivity index (χ0v) is 13.2. The highest BCUT2D eigenvalue weighted by Crippen LogP contribution is 2.19. The minimum Gasteiger partial charge on any atom is -0.435 e. The monoisotopic (exact) mass is 323 g/mol. The Labute approximate surface area is 135 Å². The van der Waals surface area contributed by atoms with Gasteiger partial charge in [-0.15, -0.1) is 0 Å². The van der Waals surface area contributed by atoms with Gasteiger partial charge in [0.05, 0.1) is 0 Å². The van der Waals surface area contributed by atoms with E-state index in [4.69, 9.17) is 0 Å². The summed E-state index contributed by atoms with van der Waals surface area (Å²) >= 11 is 0. The van der Waals surface area contributed by atoms with E-state index >= 15 is 0 Å². The van der Waals surface area contributed by atoms with E-state index in [1.165, 1.54) is 30.5 Å². The van der Waals surface area contributed by atoms with Crippen LogP contribution >= 0.6 is 0 Å². The molecule has 0 aliphatic heterocycles. The molecule has 0 spiro atoms. The minimum absolute atomic E-state index is 0.0225. The quantitative estimate of drug-likeness (QED) is 0.727. The van der Waals surface area contributed by atoms with Crippen molar-refractivity contribution in [1.29, 1.82) is 0 Å². The highest BCUT2D eigenvalue weighted by Gasteiger charge is 2.07. The second-order valence-corrected chi connectivity index (χ2v) is 5.73. The minimum atomic E-state index is -2.81. The van der Waals surface area contributed by atoms with Crippen LogP contribution in [0.15, 0.2) is 35.9 Å². The van der Waals surface area contributed by atoms with Crippen molar-refractivity contribution in [3.63, 3.8) is 0 Å². The number of hydrogen-bond acceptors (Lipinski definition) is 2. The Balaban J connectivity index is 1.64. The lowest BCUT2D eigenvalue weighted by molar-refractivity contribution is -0.121. The number of rotatable bonds is 8. The third kappa shape index (κ3) is 6.80. The van der Waals surface area contributed by atoms with E-state index in [2.05, 4.69) is 16.1 Å². The number of carbonyl (C=O) groups excluding carboxylic acids is 1. The van der Waals surface area contributed by atoms with Crippen LogP contribution in [0, 0.1) is 0 Å². The average Bonchev–Trinajstić information content (AvgIpc) is 2.55. The standard InChI is InChI=1S/C18H23F2NO2/c19-18(20)23-16-9-6-15(7-10-16)8-11-17(22)21-13-12-14-4-2-1-3-5-14/h4,6-7,9-10,18H,1-3,5,8,11-13H2,(H,21,22). The van der Waals surface area contributed by atoms with Crippen molar-refractivity contribution in [2.24, 2.45) is 0 Å². The Bertz CT molecular complexity index is 526. The van der Waals surface area contributed by atoms with Crippen LogP contribution in [0.4, 0.5) is 8.78 Å². The predicted molar refractivity (Wildman–Crippen MR) is 85.6 cm³/mol. The Kier molecular flexibility index (Phi) is 7.04. The maximum Gasteiger partial charge on any atom is 0.387 e. The van der Waals surface area contributed by atoms with Gasteiger partial charge >= 0.3 is 6.61 Å². The number of halogens is 2. The van der Waals surface area contributed by atoms with Crippen LogP contribution in [0.5, 0.6) is 5.75 Å². The molecule has 1 aromatic carbocycles. The van der Waals surface area contributed by atoms with Gasteiger partial charge in [-0.3, -0.25) is 4.79 Å². The number of nitrogens with one attached hydrogen (secondary N) is 1. The molecule has 3 nitrogen and oxygen atoms in total. The smallest absolute Gasteiger partial charge is 0.387 e. The second-order valence-electron chi connectivity index (χ2n) is 5.73. The lowest BCUT2D eigenvalue weighted by Crippen LogP contribution is -2.25.